The Bertz CT molecular complexity index is 1260. The Morgan fingerprint density at radius 3 is 1.64 bits per heavy atom. The molecule has 4 N–H and O–H groups in total. The Balaban J connectivity index is 2.16. The third-order valence-corrected chi connectivity index (χ3v) is 5.17. The third kappa shape index (κ3) is 14.7. The number of benzene rings is 2. The van der Waals surface area contributed by atoms with E-state index in [1.165, 1.54) is 17.1 Å². The maximum Gasteiger partial charge on any atom is 0.426 e. The van der Waals surface area contributed by atoms with Crippen LogP contribution < -0.4 is 21.7 Å². The van der Waals surface area contributed by atoms with Crippen LogP contribution in [0.15, 0.2) is 54.6 Å². The smallest absolute Gasteiger partial charge is 0.426 e. The van der Waals surface area contributed by atoms with Crippen molar-refractivity contribution in [2.45, 2.75) is 72.0 Å². The van der Waals surface area contributed by atoms with Crippen LogP contribution >= 0.6 is 0 Å². The second-order valence-corrected chi connectivity index (χ2v) is 11.7. The largest absolute Gasteiger partial charge is 0.443 e. The van der Waals surface area contributed by atoms with Gasteiger partial charge in [0.25, 0.3) is 5.91 Å². The number of rotatable bonds is 10. The quantitative estimate of drug-likeness (QED) is 0.291. The molecule has 0 atom stereocenters. The Morgan fingerprint density at radius 1 is 0.636 bits per heavy atom. The van der Waals surface area contributed by atoms with Crippen LogP contribution in [0.3, 0.4) is 0 Å². The number of hydrazine groups is 3. The molecule has 44 heavy (non-hydrogen) atoms. The Morgan fingerprint density at radius 2 is 1.11 bits per heavy atom. The molecule has 0 heterocycles. The first-order valence-corrected chi connectivity index (χ1v) is 13.6. The maximum atomic E-state index is 13.1. The molecule has 0 spiro atoms. The molecule has 0 radical (unpaired) electrons. The van der Waals surface area contributed by atoms with Crippen molar-refractivity contribution in [1.29, 1.82) is 0 Å². The summed E-state index contributed by atoms with van der Waals surface area (Å²) in [6, 6.07) is 13.1. The van der Waals surface area contributed by atoms with E-state index in [0.717, 1.165) is 22.7 Å². The summed E-state index contributed by atoms with van der Waals surface area (Å²) in [5.41, 5.74) is 8.00. The van der Waals surface area contributed by atoms with Crippen molar-refractivity contribution in [2.75, 3.05) is 13.1 Å². The van der Waals surface area contributed by atoms with Gasteiger partial charge in [-0.15, -0.1) is 0 Å². The van der Waals surface area contributed by atoms with Crippen LogP contribution in [0, 0.1) is 0 Å². The van der Waals surface area contributed by atoms with Crippen molar-refractivity contribution in [2.24, 2.45) is 0 Å². The summed E-state index contributed by atoms with van der Waals surface area (Å²) in [4.78, 5) is 50.1. The number of hydrogen-bond donors (Lipinski definition) is 4. The highest BCUT2D eigenvalue weighted by Gasteiger charge is 2.30. The highest BCUT2D eigenvalue weighted by Crippen LogP contribution is 2.29. The van der Waals surface area contributed by atoms with Gasteiger partial charge in [-0.1, -0.05) is 42.5 Å². The molecule has 4 amide bonds. The van der Waals surface area contributed by atoms with Gasteiger partial charge in [0.1, 0.15) is 11.2 Å². The number of carbonyl (C=O) groups is 4. The topological polar surface area (TPSA) is 141 Å². The average molecular weight is 625 g/mol. The standard InChI is InChI=1S/C29H39F3N6O6/c1-27(2,3)43-25(41)34-33-23(39)18-37(16-20-10-8-7-9-11-20)35-24(40)19-38(36-26(42)44-28(4,5)6)17-21-12-14-22(15-13-21)29(30,31)32/h7-15H,16-19H2,1-6H3,(H,33,39)(H,34,41)(H,35,40)(H,36,42). The molecule has 242 valence electrons. The number of amides is 4. The molecule has 2 aromatic rings. The zero-order chi connectivity index (χ0) is 33.1. The zero-order valence-corrected chi connectivity index (χ0v) is 25.5. The van der Waals surface area contributed by atoms with Crippen LogP contribution in [-0.4, -0.2) is 58.3 Å². The fourth-order valence-corrected chi connectivity index (χ4v) is 3.55. The summed E-state index contributed by atoms with van der Waals surface area (Å²) in [6.45, 7) is 8.97. The van der Waals surface area contributed by atoms with Crippen molar-refractivity contribution in [3.8, 4) is 0 Å². The van der Waals surface area contributed by atoms with Crippen LogP contribution in [0.5, 0.6) is 0 Å². The van der Waals surface area contributed by atoms with Gasteiger partial charge in [-0.2, -0.15) is 13.2 Å². The highest BCUT2D eigenvalue weighted by atomic mass is 19.4. The number of hydrogen-bond acceptors (Lipinski definition) is 8. The van der Waals surface area contributed by atoms with E-state index in [4.69, 9.17) is 9.47 Å². The molecule has 0 saturated heterocycles. The van der Waals surface area contributed by atoms with E-state index in [1.807, 2.05) is 0 Å². The Kier molecular flexibility index (Phi) is 12.5. The SMILES string of the molecule is CC(C)(C)OC(=O)NNC(=O)CN(Cc1ccccc1)NC(=O)CN(Cc1ccc(C(F)(F)F)cc1)NC(=O)OC(C)(C)C. The predicted molar refractivity (Wildman–Crippen MR) is 154 cm³/mol. The van der Waals surface area contributed by atoms with Gasteiger partial charge in [0, 0.05) is 13.1 Å². The van der Waals surface area contributed by atoms with Crippen LogP contribution in [0.4, 0.5) is 22.8 Å². The lowest BCUT2D eigenvalue weighted by Gasteiger charge is -2.28. The van der Waals surface area contributed by atoms with Gasteiger partial charge in [0.2, 0.25) is 5.91 Å². The van der Waals surface area contributed by atoms with Gasteiger partial charge in [0.05, 0.1) is 18.7 Å². The fraction of sp³-hybridized carbons (Fsp3) is 0.448. The zero-order valence-electron chi connectivity index (χ0n) is 25.5. The monoisotopic (exact) mass is 624 g/mol. The minimum atomic E-state index is -4.52. The number of ether oxygens (including phenoxy) is 2. The summed E-state index contributed by atoms with van der Waals surface area (Å²) in [7, 11) is 0. The molecule has 2 rings (SSSR count). The van der Waals surface area contributed by atoms with E-state index in [0.29, 0.717) is 5.56 Å². The number of nitrogens with zero attached hydrogens (tertiary/aromatic N) is 2. The van der Waals surface area contributed by atoms with E-state index in [1.54, 1.807) is 71.9 Å². The summed E-state index contributed by atoms with van der Waals surface area (Å²) in [6.07, 6.45) is -6.29. The lowest BCUT2D eigenvalue weighted by atomic mass is 10.1. The molecule has 0 unspecified atom stereocenters. The summed E-state index contributed by atoms with van der Waals surface area (Å²) >= 11 is 0. The Hall–Kier alpha value is -4.37. The molecule has 0 saturated carbocycles. The highest BCUT2D eigenvalue weighted by molar-refractivity contribution is 5.82. The van der Waals surface area contributed by atoms with Crippen LogP contribution in [0.1, 0.15) is 58.2 Å². The molecule has 12 nitrogen and oxygen atoms in total. The van der Waals surface area contributed by atoms with Gasteiger partial charge in [-0.3, -0.25) is 25.9 Å². The van der Waals surface area contributed by atoms with Crippen LogP contribution in [-0.2, 0) is 38.3 Å². The second kappa shape index (κ2) is 15.4. The van der Waals surface area contributed by atoms with Crippen molar-refractivity contribution < 1.29 is 41.8 Å². The molecular formula is C29H39F3N6O6. The van der Waals surface area contributed by atoms with Crippen molar-refractivity contribution in [1.82, 2.24) is 31.7 Å². The molecule has 0 fully saturated rings. The summed E-state index contributed by atoms with van der Waals surface area (Å²) in [5.74, 6) is -1.35. The van der Waals surface area contributed by atoms with Crippen LogP contribution in [0.2, 0.25) is 0 Å². The van der Waals surface area contributed by atoms with E-state index in [-0.39, 0.29) is 13.1 Å². The second-order valence-electron chi connectivity index (χ2n) is 11.7. The van der Waals surface area contributed by atoms with E-state index in [9.17, 15) is 32.3 Å². The number of halogens is 3. The molecule has 15 heteroatoms. The third-order valence-electron chi connectivity index (χ3n) is 5.17. The van der Waals surface area contributed by atoms with Gasteiger partial charge in [0.15, 0.2) is 0 Å². The molecule has 2 aromatic carbocycles. The first-order valence-electron chi connectivity index (χ1n) is 13.6. The minimum Gasteiger partial charge on any atom is -0.443 e. The molecule has 0 aliphatic rings. The summed E-state index contributed by atoms with van der Waals surface area (Å²) in [5, 5.41) is 2.45. The Labute approximate surface area is 254 Å². The van der Waals surface area contributed by atoms with Crippen molar-refractivity contribution in [3.05, 3.63) is 71.3 Å². The number of alkyl halides is 3. The fourth-order valence-electron chi connectivity index (χ4n) is 3.55. The number of nitrogens with one attached hydrogen (secondary N) is 4. The average Bonchev–Trinajstić information content (AvgIpc) is 2.85. The first-order chi connectivity index (χ1) is 20.3. The van der Waals surface area contributed by atoms with E-state index >= 15 is 0 Å². The van der Waals surface area contributed by atoms with E-state index < -0.39 is 60.0 Å². The maximum absolute atomic E-state index is 13.1. The van der Waals surface area contributed by atoms with Gasteiger partial charge in [-0.25, -0.2) is 25.0 Å². The molecular weight excluding hydrogens is 585 g/mol. The number of carbonyl (C=O) groups excluding carboxylic acids is 4. The van der Waals surface area contributed by atoms with Crippen LogP contribution in [0.25, 0.3) is 0 Å². The van der Waals surface area contributed by atoms with Gasteiger partial charge >= 0.3 is 18.4 Å². The predicted octanol–water partition coefficient (Wildman–Crippen LogP) is 4.04. The van der Waals surface area contributed by atoms with Crippen molar-refractivity contribution in [3.63, 3.8) is 0 Å². The normalized spacial score (nSPS) is 12.0. The lowest BCUT2D eigenvalue weighted by Crippen LogP contribution is -2.54. The molecule has 0 bridgehead atoms. The van der Waals surface area contributed by atoms with Crippen molar-refractivity contribution >= 4 is 24.0 Å². The molecule has 0 aliphatic heterocycles. The first kappa shape index (κ1) is 35.8. The molecule has 0 aromatic heterocycles. The van der Waals surface area contributed by atoms with Gasteiger partial charge in [-0.05, 0) is 64.8 Å². The van der Waals surface area contributed by atoms with Gasteiger partial charge < -0.3 is 9.47 Å². The lowest BCUT2D eigenvalue weighted by molar-refractivity contribution is -0.137. The molecule has 0 aliphatic carbocycles. The summed E-state index contributed by atoms with van der Waals surface area (Å²) < 4.78 is 49.4. The van der Waals surface area contributed by atoms with E-state index in [2.05, 4.69) is 21.7 Å². The minimum absolute atomic E-state index is 0.0881.